The van der Waals surface area contributed by atoms with Gasteiger partial charge < -0.3 is 10.6 Å². The van der Waals surface area contributed by atoms with E-state index in [9.17, 15) is 22.0 Å². The average molecular weight is 406 g/mol. The molecule has 2 aromatic rings. The van der Waals surface area contributed by atoms with E-state index >= 15 is 0 Å². The van der Waals surface area contributed by atoms with E-state index in [0.29, 0.717) is 36.0 Å². The van der Waals surface area contributed by atoms with Crippen molar-refractivity contribution in [3.05, 3.63) is 51.5 Å². The lowest BCUT2D eigenvalue weighted by Crippen LogP contribution is -2.39. The second-order valence-corrected chi connectivity index (χ2v) is 6.77. The minimum Gasteiger partial charge on any atom is -0.356 e. The summed E-state index contributed by atoms with van der Waals surface area (Å²) in [6, 6.07) is 3.75. The van der Waals surface area contributed by atoms with Gasteiger partial charge in [0.05, 0.1) is 5.01 Å². The van der Waals surface area contributed by atoms with E-state index in [1.54, 1.807) is 7.05 Å². The lowest BCUT2D eigenvalue weighted by molar-refractivity contribution is -0.140. The number of nitrogens with one attached hydrogen (secondary N) is 2. The molecule has 0 saturated carbocycles. The summed E-state index contributed by atoms with van der Waals surface area (Å²) >= 11 is 0.956. The Morgan fingerprint density at radius 3 is 2.56 bits per heavy atom. The lowest BCUT2D eigenvalue weighted by atomic mass is 10.0. The molecule has 0 aliphatic heterocycles. The van der Waals surface area contributed by atoms with Crippen LogP contribution in [-0.2, 0) is 12.6 Å². The monoisotopic (exact) mass is 406 g/mol. The van der Waals surface area contributed by atoms with Gasteiger partial charge in [-0.15, -0.1) is 11.3 Å². The highest BCUT2D eigenvalue weighted by Crippen LogP contribution is 2.30. The van der Waals surface area contributed by atoms with Crippen LogP contribution in [0.15, 0.2) is 28.6 Å². The molecule has 1 atom stereocenters. The fourth-order valence-electron chi connectivity index (χ4n) is 2.25. The summed E-state index contributed by atoms with van der Waals surface area (Å²) < 4.78 is 63.9. The fraction of sp³-hybridized carbons (Fsp3) is 0.412. The maximum Gasteiger partial charge on any atom is 0.434 e. The van der Waals surface area contributed by atoms with Crippen LogP contribution in [0.4, 0.5) is 22.0 Å². The van der Waals surface area contributed by atoms with Crippen molar-refractivity contribution in [2.24, 2.45) is 4.99 Å². The molecule has 148 valence electrons. The Kier molecular flexibility index (Phi) is 7.11. The maximum atomic E-state index is 13.3. The van der Waals surface area contributed by atoms with Crippen molar-refractivity contribution in [1.82, 2.24) is 15.6 Å². The van der Waals surface area contributed by atoms with Gasteiger partial charge in [-0.05, 0) is 23.6 Å². The summed E-state index contributed by atoms with van der Waals surface area (Å²) in [5.41, 5.74) is -0.246. The molecule has 1 unspecified atom stereocenters. The summed E-state index contributed by atoms with van der Waals surface area (Å²) in [5.74, 6) is -1.44. The predicted molar refractivity (Wildman–Crippen MR) is 95.0 cm³/mol. The highest BCUT2D eigenvalue weighted by atomic mass is 32.1. The number of halogens is 5. The van der Waals surface area contributed by atoms with E-state index in [0.717, 1.165) is 28.8 Å². The quantitative estimate of drug-likeness (QED) is 0.434. The number of aliphatic imine (C=N–C) groups is 1. The molecule has 0 aliphatic carbocycles. The van der Waals surface area contributed by atoms with Crippen molar-refractivity contribution in [2.45, 2.75) is 25.4 Å². The molecular formula is C17H19F5N4S. The van der Waals surface area contributed by atoms with Crippen molar-refractivity contribution in [2.75, 3.05) is 20.1 Å². The number of thiazole rings is 1. The summed E-state index contributed by atoms with van der Waals surface area (Å²) in [6.07, 6.45) is -4.12. The second-order valence-electron chi connectivity index (χ2n) is 5.83. The smallest absolute Gasteiger partial charge is 0.356 e. The van der Waals surface area contributed by atoms with Crippen LogP contribution in [0.3, 0.4) is 0 Å². The number of rotatable bonds is 6. The topological polar surface area (TPSA) is 49.3 Å². The Morgan fingerprint density at radius 2 is 1.96 bits per heavy atom. The van der Waals surface area contributed by atoms with Gasteiger partial charge in [0, 0.05) is 31.9 Å². The van der Waals surface area contributed by atoms with Crippen LogP contribution in [0.5, 0.6) is 0 Å². The number of nitrogens with zero attached hydrogens (tertiary/aromatic N) is 2. The summed E-state index contributed by atoms with van der Waals surface area (Å²) in [7, 11) is 1.56. The van der Waals surface area contributed by atoms with Gasteiger partial charge in [0.15, 0.2) is 23.3 Å². The first-order valence-electron chi connectivity index (χ1n) is 8.11. The molecule has 0 fully saturated rings. The van der Waals surface area contributed by atoms with Gasteiger partial charge in [-0.2, -0.15) is 13.2 Å². The molecule has 0 amide bonds. The third-order valence-electron chi connectivity index (χ3n) is 3.79. The highest BCUT2D eigenvalue weighted by Gasteiger charge is 2.33. The van der Waals surface area contributed by atoms with Crippen LogP contribution in [0.2, 0.25) is 0 Å². The number of alkyl halides is 3. The molecule has 2 rings (SSSR count). The van der Waals surface area contributed by atoms with Gasteiger partial charge in [-0.1, -0.05) is 13.0 Å². The van der Waals surface area contributed by atoms with Crippen molar-refractivity contribution in [3.8, 4) is 0 Å². The van der Waals surface area contributed by atoms with Gasteiger partial charge in [-0.3, -0.25) is 4.99 Å². The van der Waals surface area contributed by atoms with Gasteiger partial charge >= 0.3 is 6.18 Å². The summed E-state index contributed by atoms with van der Waals surface area (Å²) in [5, 5.41) is 7.39. The molecular weight excluding hydrogens is 387 g/mol. The molecule has 0 aliphatic rings. The van der Waals surface area contributed by atoms with E-state index in [2.05, 4.69) is 20.6 Å². The predicted octanol–water partition coefficient (Wildman–Crippen LogP) is 3.95. The number of hydrogen-bond acceptors (Lipinski definition) is 3. The SMILES string of the molecule is CN=C(NCCc1nc(C(F)(F)F)cs1)NCC(C)c1ccc(F)c(F)c1. The van der Waals surface area contributed by atoms with E-state index in [-0.39, 0.29) is 5.92 Å². The van der Waals surface area contributed by atoms with E-state index < -0.39 is 23.5 Å². The number of guanidine groups is 1. The summed E-state index contributed by atoms with van der Waals surface area (Å²) in [6.45, 7) is 2.62. The second kappa shape index (κ2) is 9.12. The normalized spacial score (nSPS) is 13.5. The number of hydrogen-bond donors (Lipinski definition) is 2. The molecule has 0 bridgehead atoms. The van der Waals surface area contributed by atoms with Crippen LogP contribution in [0.1, 0.15) is 29.1 Å². The molecule has 1 aromatic heterocycles. The molecule has 10 heteroatoms. The Labute approximate surface area is 157 Å². The van der Waals surface area contributed by atoms with Gasteiger partial charge in [-0.25, -0.2) is 13.8 Å². The molecule has 0 radical (unpaired) electrons. The standard InChI is InChI=1S/C17H19F5N4S/c1-10(11-3-4-12(18)13(19)7-11)8-25-16(23-2)24-6-5-15-26-14(9-27-15)17(20,21)22/h3-4,7,9-10H,5-6,8H2,1-2H3,(H2,23,24,25). The van der Waals surface area contributed by atoms with Crippen LogP contribution in [0, 0.1) is 11.6 Å². The van der Waals surface area contributed by atoms with Crippen molar-refractivity contribution >= 4 is 17.3 Å². The zero-order chi connectivity index (χ0) is 20.0. The van der Waals surface area contributed by atoms with E-state index in [1.807, 2.05) is 6.92 Å². The fourth-order valence-corrected chi connectivity index (χ4v) is 3.06. The maximum absolute atomic E-state index is 13.3. The molecule has 27 heavy (non-hydrogen) atoms. The third-order valence-corrected chi connectivity index (χ3v) is 4.69. The Balaban J connectivity index is 1.80. The van der Waals surface area contributed by atoms with Gasteiger partial charge in [0.1, 0.15) is 0 Å². The zero-order valence-corrected chi connectivity index (χ0v) is 15.5. The minimum absolute atomic E-state index is 0.105. The van der Waals surface area contributed by atoms with Crippen LogP contribution in [0.25, 0.3) is 0 Å². The minimum atomic E-state index is -4.43. The Morgan fingerprint density at radius 1 is 1.22 bits per heavy atom. The van der Waals surface area contributed by atoms with Crippen molar-refractivity contribution in [3.63, 3.8) is 0 Å². The van der Waals surface area contributed by atoms with E-state index in [1.165, 1.54) is 6.07 Å². The number of benzene rings is 1. The Hall–Kier alpha value is -2.23. The van der Waals surface area contributed by atoms with Crippen molar-refractivity contribution in [1.29, 1.82) is 0 Å². The number of aromatic nitrogens is 1. The first-order valence-corrected chi connectivity index (χ1v) is 8.99. The molecule has 0 spiro atoms. The summed E-state index contributed by atoms with van der Waals surface area (Å²) in [4.78, 5) is 7.58. The molecule has 4 nitrogen and oxygen atoms in total. The van der Waals surface area contributed by atoms with Gasteiger partial charge in [0.25, 0.3) is 0 Å². The largest absolute Gasteiger partial charge is 0.434 e. The third kappa shape index (κ3) is 6.16. The van der Waals surface area contributed by atoms with Crippen LogP contribution in [-0.4, -0.2) is 31.1 Å². The average Bonchev–Trinajstić information content (AvgIpc) is 3.09. The molecule has 0 saturated heterocycles. The zero-order valence-electron chi connectivity index (χ0n) is 14.7. The van der Waals surface area contributed by atoms with Crippen molar-refractivity contribution < 1.29 is 22.0 Å². The Bertz CT molecular complexity index is 788. The first kappa shape index (κ1) is 21.1. The molecule has 1 heterocycles. The molecule has 2 N–H and O–H groups in total. The van der Waals surface area contributed by atoms with Gasteiger partial charge in [0.2, 0.25) is 0 Å². The van der Waals surface area contributed by atoms with Crippen LogP contribution < -0.4 is 10.6 Å². The van der Waals surface area contributed by atoms with E-state index in [4.69, 9.17) is 0 Å². The lowest BCUT2D eigenvalue weighted by Gasteiger charge is -2.16. The van der Waals surface area contributed by atoms with Crippen LogP contribution >= 0.6 is 11.3 Å². The molecule has 1 aromatic carbocycles. The highest BCUT2D eigenvalue weighted by molar-refractivity contribution is 7.09. The first-order chi connectivity index (χ1) is 12.7.